The van der Waals surface area contributed by atoms with Crippen molar-refractivity contribution in [2.75, 3.05) is 20.2 Å². The van der Waals surface area contributed by atoms with Crippen LogP contribution in [0.15, 0.2) is 0 Å². The minimum atomic E-state index is -0.285. The first-order chi connectivity index (χ1) is 9.65. The van der Waals surface area contributed by atoms with Crippen LogP contribution in [0.1, 0.15) is 64.7 Å². The van der Waals surface area contributed by atoms with E-state index in [0.717, 1.165) is 25.7 Å². The Morgan fingerprint density at radius 1 is 1.05 bits per heavy atom. The van der Waals surface area contributed by atoms with Crippen molar-refractivity contribution < 1.29 is 14.3 Å². The van der Waals surface area contributed by atoms with E-state index >= 15 is 0 Å². The fourth-order valence-electron chi connectivity index (χ4n) is 2.20. The van der Waals surface area contributed by atoms with Gasteiger partial charge in [-0.1, -0.05) is 45.4 Å². The van der Waals surface area contributed by atoms with E-state index in [1.807, 2.05) is 0 Å². The van der Waals surface area contributed by atoms with Crippen LogP contribution in [0.25, 0.3) is 0 Å². The van der Waals surface area contributed by atoms with Crippen LogP contribution in [0.4, 0.5) is 0 Å². The third-order valence-electron chi connectivity index (χ3n) is 3.68. The zero-order valence-corrected chi connectivity index (χ0v) is 13.0. The second kappa shape index (κ2) is 9.78. The standard InChI is InChI=1S/C16H29NO3/c1-3-4-5-6-7-8-9-12-20-15(18)13-17(2)16(19)14-10-11-14/h14H,3-13H2,1-2H3. The lowest BCUT2D eigenvalue weighted by molar-refractivity contribution is -0.149. The van der Waals surface area contributed by atoms with Gasteiger partial charge in [-0.05, 0) is 19.3 Å². The molecule has 0 bridgehead atoms. The SMILES string of the molecule is CCCCCCCCCOC(=O)CN(C)C(=O)C1CC1. The molecule has 0 aromatic heterocycles. The molecule has 1 aliphatic carbocycles. The largest absolute Gasteiger partial charge is 0.464 e. The van der Waals surface area contributed by atoms with Crippen LogP contribution in [0.3, 0.4) is 0 Å². The molecule has 116 valence electrons. The lowest BCUT2D eigenvalue weighted by Gasteiger charge is -2.15. The van der Waals surface area contributed by atoms with Gasteiger partial charge in [-0.15, -0.1) is 0 Å². The summed E-state index contributed by atoms with van der Waals surface area (Å²) in [5.41, 5.74) is 0. The number of esters is 1. The number of carbonyl (C=O) groups excluding carboxylic acids is 2. The molecule has 0 heterocycles. The van der Waals surface area contributed by atoms with E-state index in [1.54, 1.807) is 7.05 Å². The maximum absolute atomic E-state index is 11.7. The summed E-state index contributed by atoms with van der Waals surface area (Å²) in [6.45, 7) is 2.79. The molecule has 1 amide bonds. The summed E-state index contributed by atoms with van der Waals surface area (Å²) >= 11 is 0. The third kappa shape index (κ3) is 7.51. The van der Waals surface area contributed by atoms with E-state index in [9.17, 15) is 9.59 Å². The van der Waals surface area contributed by atoms with Gasteiger partial charge in [0, 0.05) is 13.0 Å². The Morgan fingerprint density at radius 2 is 1.65 bits per heavy atom. The first-order valence-electron chi connectivity index (χ1n) is 8.05. The van der Waals surface area contributed by atoms with Crippen molar-refractivity contribution in [2.24, 2.45) is 5.92 Å². The molecule has 0 N–H and O–H groups in total. The molecule has 0 aromatic rings. The highest BCUT2D eigenvalue weighted by Crippen LogP contribution is 2.30. The van der Waals surface area contributed by atoms with Gasteiger partial charge in [-0.25, -0.2) is 0 Å². The number of nitrogens with zero attached hydrogens (tertiary/aromatic N) is 1. The van der Waals surface area contributed by atoms with Gasteiger partial charge in [0.2, 0.25) is 5.91 Å². The summed E-state index contributed by atoms with van der Waals surface area (Å²) in [7, 11) is 1.68. The molecule has 0 aliphatic heterocycles. The van der Waals surface area contributed by atoms with Gasteiger partial charge in [0.25, 0.3) is 0 Å². The average molecular weight is 283 g/mol. The van der Waals surface area contributed by atoms with Gasteiger partial charge in [0.05, 0.1) is 6.61 Å². The Labute approximate surface area is 122 Å². The van der Waals surface area contributed by atoms with Gasteiger partial charge >= 0.3 is 5.97 Å². The van der Waals surface area contributed by atoms with Crippen molar-refractivity contribution in [1.29, 1.82) is 0 Å². The van der Waals surface area contributed by atoms with E-state index in [1.165, 1.54) is 37.0 Å². The molecule has 0 atom stereocenters. The fourth-order valence-corrected chi connectivity index (χ4v) is 2.20. The number of rotatable bonds is 11. The molecule has 0 radical (unpaired) electrons. The number of hydrogen-bond donors (Lipinski definition) is 0. The fraction of sp³-hybridized carbons (Fsp3) is 0.875. The molecule has 20 heavy (non-hydrogen) atoms. The van der Waals surface area contributed by atoms with E-state index in [-0.39, 0.29) is 24.3 Å². The monoisotopic (exact) mass is 283 g/mol. The minimum Gasteiger partial charge on any atom is -0.464 e. The molecule has 1 rings (SSSR count). The van der Waals surface area contributed by atoms with Gasteiger partial charge in [-0.3, -0.25) is 9.59 Å². The van der Waals surface area contributed by atoms with Crippen LogP contribution < -0.4 is 0 Å². The normalized spacial score (nSPS) is 14.1. The molecular formula is C16H29NO3. The van der Waals surface area contributed by atoms with E-state index in [4.69, 9.17) is 4.74 Å². The van der Waals surface area contributed by atoms with Crippen molar-refractivity contribution in [3.8, 4) is 0 Å². The quantitative estimate of drug-likeness (QED) is 0.432. The lowest BCUT2D eigenvalue weighted by atomic mass is 10.1. The van der Waals surface area contributed by atoms with Crippen LogP contribution >= 0.6 is 0 Å². The predicted octanol–water partition coefficient (Wildman–Crippen LogP) is 3.15. The van der Waals surface area contributed by atoms with Gasteiger partial charge in [0.1, 0.15) is 6.54 Å². The molecule has 0 spiro atoms. The molecule has 4 heteroatoms. The van der Waals surface area contributed by atoms with Crippen molar-refractivity contribution in [3.63, 3.8) is 0 Å². The number of ether oxygens (including phenoxy) is 1. The number of amides is 1. The van der Waals surface area contributed by atoms with Crippen LogP contribution in [0.5, 0.6) is 0 Å². The number of likely N-dealkylation sites (N-methyl/N-ethyl adjacent to an activating group) is 1. The first-order valence-corrected chi connectivity index (χ1v) is 8.05. The summed E-state index contributed by atoms with van der Waals surface area (Å²) in [4.78, 5) is 24.7. The molecule has 0 unspecified atom stereocenters. The third-order valence-corrected chi connectivity index (χ3v) is 3.68. The molecule has 1 saturated carbocycles. The van der Waals surface area contributed by atoms with Crippen molar-refractivity contribution in [3.05, 3.63) is 0 Å². The first kappa shape index (κ1) is 17.0. The van der Waals surface area contributed by atoms with E-state index in [0.29, 0.717) is 6.61 Å². The Kier molecular flexibility index (Phi) is 8.31. The Bertz CT molecular complexity index is 300. The molecule has 4 nitrogen and oxygen atoms in total. The Hall–Kier alpha value is -1.06. The zero-order valence-electron chi connectivity index (χ0n) is 13.0. The smallest absolute Gasteiger partial charge is 0.325 e. The molecule has 0 aromatic carbocycles. The average Bonchev–Trinajstić information content (AvgIpc) is 3.25. The summed E-state index contributed by atoms with van der Waals surface area (Å²) in [6, 6.07) is 0. The highest BCUT2D eigenvalue weighted by molar-refractivity contribution is 5.84. The van der Waals surface area contributed by atoms with Crippen molar-refractivity contribution in [2.45, 2.75) is 64.7 Å². The molecular weight excluding hydrogens is 254 g/mol. The maximum atomic E-state index is 11.7. The maximum Gasteiger partial charge on any atom is 0.325 e. The highest BCUT2D eigenvalue weighted by atomic mass is 16.5. The summed E-state index contributed by atoms with van der Waals surface area (Å²) in [5.74, 6) is -0.0405. The predicted molar refractivity (Wildman–Crippen MR) is 79.3 cm³/mol. The summed E-state index contributed by atoms with van der Waals surface area (Å²) < 4.78 is 5.16. The minimum absolute atomic E-state index is 0.0814. The summed E-state index contributed by atoms with van der Waals surface area (Å²) in [6.07, 6.45) is 10.4. The zero-order chi connectivity index (χ0) is 14.8. The number of carbonyl (C=O) groups is 2. The van der Waals surface area contributed by atoms with Crippen LogP contribution in [-0.2, 0) is 14.3 Å². The second-order valence-corrected chi connectivity index (χ2v) is 5.81. The van der Waals surface area contributed by atoms with E-state index < -0.39 is 0 Å². The van der Waals surface area contributed by atoms with Crippen LogP contribution in [0.2, 0.25) is 0 Å². The number of hydrogen-bond acceptors (Lipinski definition) is 3. The molecule has 0 saturated heterocycles. The van der Waals surface area contributed by atoms with Crippen molar-refractivity contribution in [1.82, 2.24) is 4.90 Å². The lowest BCUT2D eigenvalue weighted by Crippen LogP contribution is -2.34. The molecule has 1 fully saturated rings. The molecule has 1 aliphatic rings. The Morgan fingerprint density at radius 3 is 2.25 bits per heavy atom. The second-order valence-electron chi connectivity index (χ2n) is 5.81. The van der Waals surface area contributed by atoms with Gasteiger partial charge in [0.15, 0.2) is 0 Å². The topological polar surface area (TPSA) is 46.6 Å². The number of unbranched alkanes of at least 4 members (excludes halogenated alkanes) is 6. The van der Waals surface area contributed by atoms with Gasteiger partial charge in [-0.2, -0.15) is 0 Å². The van der Waals surface area contributed by atoms with Crippen LogP contribution in [0, 0.1) is 5.92 Å². The van der Waals surface area contributed by atoms with Crippen LogP contribution in [-0.4, -0.2) is 37.0 Å². The van der Waals surface area contributed by atoms with Crippen molar-refractivity contribution >= 4 is 11.9 Å². The Balaban J connectivity index is 1.93. The summed E-state index contributed by atoms with van der Waals surface area (Å²) in [5, 5.41) is 0. The van der Waals surface area contributed by atoms with E-state index in [2.05, 4.69) is 6.92 Å². The highest BCUT2D eigenvalue weighted by Gasteiger charge is 2.32. The van der Waals surface area contributed by atoms with Gasteiger partial charge < -0.3 is 9.64 Å².